The minimum absolute atomic E-state index is 0.0175. The summed E-state index contributed by atoms with van der Waals surface area (Å²) in [6, 6.07) is 11.4. The molecular weight excluding hydrogens is 552 g/mol. The highest BCUT2D eigenvalue weighted by molar-refractivity contribution is 7.87. The quantitative estimate of drug-likeness (QED) is 0.314. The average Bonchev–Trinajstić information content (AvgIpc) is 3.37. The summed E-state index contributed by atoms with van der Waals surface area (Å²) >= 11 is 0. The summed E-state index contributed by atoms with van der Waals surface area (Å²) in [5.41, 5.74) is 3.10. The lowest BCUT2D eigenvalue weighted by Crippen LogP contribution is -2.44. The van der Waals surface area contributed by atoms with Crippen LogP contribution in [0.3, 0.4) is 0 Å². The minimum Gasteiger partial charge on any atom is -0.489 e. The maximum absolute atomic E-state index is 13.3. The number of carbonyl (C=O) groups is 1. The lowest BCUT2D eigenvalue weighted by Gasteiger charge is -2.32. The number of alkyl halides is 3. The number of methoxy groups -OCH3 is 1. The highest BCUT2D eigenvalue weighted by atomic mass is 32.2. The van der Waals surface area contributed by atoms with Gasteiger partial charge < -0.3 is 14.4 Å². The molecule has 0 saturated carbocycles. The Bertz CT molecular complexity index is 1500. The van der Waals surface area contributed by atoms with E-state index >= 15 is 0 Å². The van der Waals surface area contributed by atoms with E-state index in [1.807, 2.05) is 6.07 Å². The number of benzene rings is 2. The summed E-state index contributed by atoms with van der Waals surface area (Å²) in [6.07, 6.45) is -0.965. The number of fused-ring (bicyclic) bond motifs is 1. The monoisotopic (exact) mass is 578 g/mol. The van der Waals surface area contributed by atoms with Crippen LogP contribution in [-0.2, 0) is 20.5 Å². The molecule has 212 valence electrons. The maximum atomic E-state index is 13.3. The van der Waals surface area contributed by atoms with Crippen molar-refractivity contribution in [2.75, 3.05) is 26.8 Å². The highest BCUT2D eigenvalue weighted by Gasteiger charge is 2.43. The molecule has 13 heteroatoms. The van der Waals surface area contributed by atoms with Crippen molar-refractivity contribution in [1.82, 2.24) is 19.4 Å². The number of hydrogen-bond acceptors (Lipinski definition) is 5. The third-order valence-electron chi connectivity index (χ3n) is 6.81. The van der Waals surface area contributed by atoms with Gasteiger partial charge in [0.05, 0.1) is 17.4 Å². The van der Waals surface area contributed by atoms with Gasteiger partial charge in [-0.15, -0.1) is 0 Å². The second kappa shape index (κ2) is 11.5. The molecule has 3 aromatic rings. The second-order valence-corrected chi connectivity index (χ2v) is 10.7. The number of nitrogens with zero attached hydrogens (tertiary/aromatic N) is 3. The first-order chi connectivity index (χ1) is 19.1. The number of ether oxygens (including phenoxy) is 2. The van der Waals surface area contributed by atoms with E-state index in [2.05, 4.69) is 9.82 Å². The number of nitrogens with one attached hydrogen (secondary N) is 1. The number of allylic oxidation sites excluding steroid dienone is 1. The van der Waals surface area contributed by atoms with Crippen LogP contribution in [0.15, 0.2) is 70.8 Å². The Morgan fingerprint density at radius 1 is 1.15 bits per heavy atom. The van der Waals surface area contributed by atoms with Gasteiger partial charge in [0.15, 0.2) is 6.23 Å². The smallest absolute Gasteiger partial charge is 0.471 e. The zero-order chi connectivity index (χ0) is 28.4. The number of rotatable bonds is 8. The van der Waals surface area contributed by atoms with Crippen molar-refractivity contribution in [2.45, 2.75) is 31.7 Å². The van der Waals surface area contributed by atoms with Crippen molar-refractivity contribution in [1.29, 1.82) is 0 Å². The Kier molecular flexibility index (Phi) is 8.06. The molecule has 1 amide bonds. The molecule has 0 fully saturated rings. The summed E-state index contributed by atoms with van der Waals surface area (Å²) in [4.78, 5) is 13.0. The molecule has 8 nitrogen and oxygen atoms in total. The third-order valence-corrected chi connectivity index (χ3v) is 8.09. The van der Waals surface area contributed by atoms with Crippen molar-refractivity contribution >= 4 is 27.8 Å². The standard InChI is InChI=1S/C27H26F4N4O4S/c1-38-25(16-39-22-7-9-24-18(12-22)14-32-35(24)21-5-3-20(28)4-6-21)33-40(37)23-8-2-17-10-11-34(15-19(17)13-23)26(36)27(29,30)31/h3-7,9,12-14,25,33H,2,8,10-11,15-16H2,1H3/t25-,40?/m0/s1. The van der Waals surface area contributed by atoms with Crippen LogP contribution in [0.1, 0.15) is 19.3 Å². The van der Waals surface area contributed by atoms with E-state index in [0.29, 0.717) is 41.2 Å². The molecule has 1 unspecified atom stereocenters. The van der Waals surface area contributed by atoms with E-state index in [9.17, 15) is 26.6 Å². The van der Waals surface area contributed by atoms with Gasteiger partial charge in [-0.1, -0.05) is 5.57 Å². The second-order valence-electron chi connectivity index (χ2n) is 9.39. The molecule has 2 aromatic carbocycles. The Labute approximate surface area is 229 Å². The molecule has 1 aliphatic carbocycles. The van der Waals surface area contributed by atoms with E-state index in [4.69, 9.17) is 9.47 Å². The van der Waals surface area contributed by atoms with Gasteiger partial charge in [0.2, 0.25) is 0 Å². The van der Waals surface area contributed by atoms with Crippen LogP contribution in [0.4, 0.5) is 17.6 Å². The first-order valence-electron chi connectivity index (χ1n) is 12.5. The topological polar surface area (TPSA) is 85.7 Å². The van der Waals surface area contributed by atoms with Crippen molar-refractivity contribution in [3.8, 4) is 11.4 Å². The van der Waals surface area contributed by atoms with Crippen LogP contribution in [0, 0.1) is 5.82 Å². The summed E-state index contributed by atoms with van der Waals surface area (Å²) < 4.78 is 80.7. The summed E-state index contributed by atoms with van der Waals surface area (Å²) in [6.45, 7) is -0.121. The van der Waals surface area contributed by atoms with Crippen LogP contribution in [0.2, 0.25) is 0 Å². The molecule has 1 aromatic heterocycles. The highest BCUT2D eigenvalue weighted by Crippen LogP contribution is 2.33. The molecule has 1 N–H and O–H groups in total. The van der Waals surface area contributed by atoms with Crippen LogP contribution in [0.25, 0.3) is 16.6 Å². The number of aromatic nitrogens is 2. The molecule has 1 aliphatic heterocycles. The minimum atomic E-state index is -4.93. The van der Waals surface area contributed by atoms with Crippen molar-refractivity contribution in [3.63, 3.8) is 0 Å². The molecule has 0 radical (unpaired) electrons. The van der Waals surface area contributed by atoms with Crippen LogP contribution in [-0.4, -0.2) is 64.0 Å². The third kappa shape index (κ3) is 6.11. The Morgan fingerprint density at radius 3 is 2.65 bits per heavy atom. The SMILES string of the molecule is CO[C@@H](COc1ccc2c(cnn2-c2ccc(F)cc2)c1)NS(=O)C1=CC2=C(CC1)CCN(C(=O)C(F)(F)F)C2. The molecule has 2 heterocycles. The molecule has 40 heavy (non-hydrogen) atoms. The predicted octanol–water partition coefficient (Wildman–Crippen LogP) is 4.54. The fourth-order valence-electron chi connectivity index (χ4n) is 4.71. The fraction of sp³-hybridized carbons (Fsp3) is 0.333. The van der Waals surface area contributed by atoms with Gasteiger partial charge in [0.25, 0.3) is 0 Å². The first kappa shape index (κ1) is 28.0. The lowest BCUT2D eigenvalue weighted by molar-refractivity contribution is -0.185. The zero-order valence-electron chi connectivity index (χ0n) is 21.4. The van der Waals surface area contributed by atoms with Gasteiger partial charge in [0.1, 0.15) is 29.2 Å². The largest absolute Gasteiger partial charge is 0.489 e. The van der Waals surface area contributed by atoms with Gasteiger partial charge in [-0.3, -0.25) is 4.79 Å². The van der Waals surface area contributed by atoms with Crippen molar-refractivity contribution in [3.05, 3.63) is 76.6 Å². The number of hydrogen-bond donors (Lipinski definition) is 1. The van der Waals surface area contributed by atoms with Gasteiger partial charge in [-0.2, -0.15) is 18.3 Å². The normalized spacial score (nSPS) is 17.4. The van der Waals surface area contributed by atoms with Crippen molar-refractivity contribution in [2.24, 2.45) is 0 Å². The van der Waals surface area contributed by atoms with E-state index in [-0.39, 0.29) is 25.5 Å². The van der Waals surface area contributed by atoms with Crippen LogP contribution >= 0.6 is 0 Å². The van der Waals surface area contributed by atoms with Gasteiger partial charge in [0, 0.05) is 30.5 Å². The molecule has 5 rings (SSSR count). The lowest BCUT2D eigenvalue weighted by atomic mass is 9.91. The van der Waals surface area contributed by atoms with E-state index in [1.165, 1.54) is 19.2 Å². The molecule has 2 atom stereocenters. The molecule has 0 bridgehead atoms. The number of halogens is 4. The molecule has 0 saturated heterocycles. The molecule has 0 spiro atoms. The predicted molar refractivity (Wildman–Crippen MR) is 140 cm³/mol. The Morgan fingerprint density at radius 2 is 1.93 bits per heavy atom. The van der Waals surface area contributed by atoms with Gasteiger partial charge >= 0.3 is 12.1 Å². The zero-order valence-corrected chi connectivity index (χ0v) is 22.2. The Hall–Kier alpha value is -3.55. The Balaban J connectivity index is 1.20. The van der Waals surface area contributed by atoms with Crippen molar-refractivity contribution < 1.29 is 36.0 Å². The van der Waals surface area contributed by atoms with Gasteiger partial charge in [-0.25, -0.2) is 18.0 Å². The number of carbonyl (C=O) groups excluding carboxylic acids is 1. The summed E-state index contributed by atoms with van der Waals surface area (Å²) in [5, 5.41) is 5.17. The number of amides is 1. The van der Waals surface area contributed by atoms with Crippen LogP contribution < -0.4 is 9.46 Å². The van der Waals surface area contributed by atoms with E-state index in [0.717, 1.165) is 21.4 Å². The summed E-state index contributed by atoms with van der Waals surface area (Å²) in [5.74, 6) is -1.67. The van der Waals surface area contributed by atoms with Crippen LogP contribution in [0.5, 0.6) is 5.75 Å². The van der Waals surface area contributed by atoms with E-state index < -0.39 is 29.3 Å². The van der Waals surface area contributed by atoms with Gasteiger partial charge in [-0.05, 0) is 73.4 Å². The molecule has 2 aliphatic rings. The first-order valence-corrected chi connectivity index (χ1v) is 13.6. The molecular formula is C27H26F4N4O4S. The average molecular weight is 579 g/mol. The summed E-state index contributed by atoms with van der Waals surface area (Å²) in [7, 11) is -0.248. The maximum Gasteiger partial charge on any atom is 0.471 e. The fourth-order valence-corrected chi connectivity index (χ4v) is 5.80. The van der Waals surface area contributed by atoms with E-state index in [1.54, 1.807) is 41.2 Å².